The minimum atomic E-state index is -0.120. The largest absolute Gasteiger partial charge is 0.469 e. The summed E-state index contributed by atoms with van der Waals surface area (Å²) in [5.74, 6) is 0.591. The Balaban J connectivity index is 2.09. The van der Waals surface area contributed by atoms with Gasteiger partial charge in [0.05, 0.1) is 13.7 Å². The quantitative estimate of drug-likeness (QED) is 0.534. The Labute approximate surface area is 97.9 Å². The van der Waals surface area contributed by atoms with Gasteiger partial charge in [0.25, 0.3) is 0 Å². The first-order valence-electron chi connectivity index (χ1n) is 6.17. The van der Waals surface area contributed by atoms with Gasteiger partial charge in [-0.15, -0.1) is 0 Å². The van der Waals surface area contributed by atoms with E-state index in [4.69, 9.17) is 4.84 Å². The Kier molecular flexibility index (Phi) is 6.42. The molecule has 1 saturated heterocycles. The fourth-order valence-electron chi connectivity index (χ4n) is 1.93. The monoisotopic (exact) mass is 229 g/mol. The van der Waals surface area contributed by atoms with E-state index in [1.54, 1.807) is 0 Å². The van der Waals surface area contributed by atoms with E-state index in [1.165, 1.54) is 13.5 Å². The van der Waals surface area contributed by atoms with Crippen LogP contribution in [0.4, 0.5) is 0 Å². The maximum atomic E-state index is 10.9. The summed E-state index contributed by atoms with van der Waals surface area (Å²) in [5, 5.41) is 2.05. The van der Waals surface area contributed by atoms with Crippen molar-refractivity contribution in [3.05, 3.63) is 0 Å². The van der Waals surface area contributed by atoms with Crippen LogP contribution in [0.25, 0.3) is 0 Å². The second kappa shape index (κ2) is 7.63. The number of carbonyl (C=O) groups excluding carboxylic acids is 1. The van der Waals surface area contributed by atoms with Crippen molar-refractivity contribution in [2.45, 2.75) is 39.0 Å². The van der Waals surface area contributed by atoms with E-state index in [2.05, 4.69) is 16.7 Å². The number of nitrogens with zero attached hydrogens (tertiary/aromatic N) is 1. The van der Waals surface area contributed by atoms with E-state index < -0.39 is 0 Å². The summed E-state index contributed by atoms with van der Waals surface area (Å²) in [7, 11) is 1.43. The van der Waals surface area contributed by atoms with Crippen molar-refractivity contribution in [2.75, 3.05) is 26.8 Å². The molecule has 1 aliphatic rings. The molecule has 0 spiro atoms. The number of rotatable bonds is 5. The maximum Gasteiger partial charge on any atom is 0.305 e. The molecule has 0 aromatic carbocycles. The van der Waals surface area contributed by atoms with Gasteiger partial charge in [0, 0.05) is 19.5 Å². The van der Waals surface area contributed by atoms with Gasteiger partial charge in [-0.05, 0) is 31.6 Å². The van der Waals surface area contributed by atoms with E-state index in [1.807, 2.05) is 0 Å². The molecule has 1 unspecified atom stereocenters. The summed E-state index contributed by atoms with van der Waals surface area (Å²) in [4.78, 5) is 16.5. The molecule has 1 heterocycles. The van der Waals surface area contributed by atoms with Gasteiger partial charge in [-0.25, -0.2) is 0 Å². The number of esters is 1. The van der Waals surface area contributed by atoms with Gasteiger partial charge in [-0.3, -0.25) is 9.63 Å². The molecule has 0 aromatic rings. The molecule has 1 rings (SSSR count). The lowest BCUT2D eigenvalue weighted by molar-refractivity contribution is -0.156. The highest BCUT2D eigenvalue weighted by Gasteiger charge is 2.14. The van der Waals surface area contributed by atoms with Crippen molar-refractivity contribution in [1.29, 1.82) is 0 Å². The molecule has 0 aliphatic carbocycles. The van der Waals surface area contributed by atoms with Gasteiger partial charge in [-0.2, -0.15) is 5.06 Å². The van der Waals surface area contributed by atoms with Gasteiger partial charge in [0.2, 0.25) is 0 Å². The molecule has 0 bridgehead atoms. The molecule has 1 aliphatic heterocycles. The summed E-state index contributed by atoms with van der Waals surface area (Å²) in [6.07, 6.45) is 4.78. The zero-order valence-electron chi connectivity index (χ0n) is 10.4. The van der Waals surface area contributed by atoms with Crippen LogP contribution in [-0.2, 0) is 14.4 Å². The third-order valence-electron chi connectivity index (χ3n) is 2.90. The van der Waals surface area contributed by atoms with Crippen LogP contribution in [0.5, 0.6) is 0 Å². The standard InChI is InChI=1S/C12H23NO3/c1-11-6-5-9-16-13(10-11)8-4-3-7-12(14)15-2/h11H,3-10H2,1-2H3. The zero-order chi connectivity index (χ0) is 11.8. The number of hydrogen-bond donors (Lipinski definition) is 0. The van der Waals surface area contributed by atoms with Crippen molar-refractivity contribution in [3.8, 4) is 0 Å². The smallest absolute Gasteiger partial charge is 0.305 e. The molecule has 4 nitrogen and oxygen atoms in total. The number of ether oxygens (including phenoxy) is 1. The SMILES string of the molecule is COC(=O)CCCCN1CC(C)CCCO1. The second-order valence-electron chi connectivity index (χ2n) is 4.50. The second-order valence-corrected chi connectivity index (χ2v) is 4.50. The lowest BCUT2D eigenvalue weighted by Crippen LogP contribution is -2.28. The molecular formula is C12H23NO3. The molecular weight excluding hydrogens is 206 g/mol. The van der Waals surface area contributed by atoms with E-state index >= 15 is 0 Å². The molecule has 0 saturated carbocycles. The summed E-state index contributed by atoms with van der Waals surface area (Å²) in [6.45, 7) is 5.02. The van der Waals surface area contributed by atoms with Gasteiger partial charge in [-0.1, -0.05) is 6.92 Å². The van der Waals surface area contributed by atoms with Crippen molar-refractivity contribution < 1.29 is 14.4 Å². The molecule has 0 aromatic heterocycles. The number of carbonyl (C=O) groups is 1. The number of hydrogen-bond acceptors (Lipinski definition) is 4. The fraction of sp³-hybridized carbons (Fsp3) is 0.917. The van der Waals surface area contributed by atoms with E-state index in [0.29, 0.717) is 12.3 Å². The number of hydroxylamine groups is 2. The third-order valence-corrected chi connectivity index (χ3v) is 2.90. The summed E-state index contributed by atoms with van der Waals surface area (Å²) < 4.78 is 4.60. The van der Waals surface area contributed by atoms with Gasteiger partial charge >= 0.3 is 5.97 Å². The first-order chi connectivity index (χ1) is 7.72. The van der Waals surface area contributed by atoms with Gasteiger partial charge < -0.3 is 4.74 Å². The Morgan fingerprint density at radius 3 is 3.06 bits per heavy atom. The lowest BCUT2D eigenvalue weighted by Gasteiger charge is -2.21. The van der Waals surface area contributed by atoms with E-state index in [9.17, 15) is 4.79 Å². The molecule has 0 radical (unpaired) electrons. The Hall–Kier alpha value is -0.610. The normalized spacial score (nSPS) is 22.8. The predicted molar refractivity (Wildman–Crippen MR) is 61.8 cm³/mol. The molecule has 1 atom stereocenters. The first kappa shape index (κ1) is 13.5. The van der Waals surface area contributed by atoms with Crippen LogP contribution in [0, 0.1) is 5.92 Å². The highest BCUT2D eigenvalue weighted by Crippen LogP contribution is 2.14. The minimum Gasteiger partial charge on any atom is -0.469 e. The summed E-state index contributed by atoms with van der Waals surface area (Å²) >= 11 is 0. The van der Waals surface area contributed by atoms with Crippen LogP contribution >= 0.6 is 0 Å². The van der Waals surface area contributed by atoms with Crippen molar-refractivity contribution in [1.82, 2.24) is 5.06 Å². The predicted octanol–water partition coefficient (Wildman–Crippen LogP) is 1.99. The number of unbranched alkanes of at least 4 members (excludes halogenated alkanes) is 1. The topological polar surface area (TPSA) is 38.8 Å². The molecule has 16 heavy (non-hydrogen) atoms. The van der Waals surface area contributed by atoms with Gasteiger partial charge in [0.15, 0.2) is 0 Å². The highest BCUT2D eigenvalue weighted by molar-refractivity contribution is 5.68. The fourth-order valence-corrected chi connectivity index (χ4v) is 1.93. The number of methoxy groups -OCH3 is 1. The molecule has 0 N–H and O–H groups in total. The molecule has 94 valence electrons. The summed E-state index contributed by atoms with van der Waals surface area (Å²) in [6, 6.07) is 0. The zero-order valence-corrected chi connectivity index (χ0v) is 10.4. The molecule has 4 heteroatoms. The van der Waals surface area contributed by atoms with Crippen molar-refractivity contribution in [3.63, 3.8) is 0 Å². The molecule has 1 fully saturated rings. The van der Waals surface area contributed by atoms with Gasteiger partial charge in [0.1, 0.15) is 0 Å². The van der Waals surface area contributed by atoms with Crippen molar-refractivity contribution in [2.24, 2.45) is 5.92 Å². The lowest BCUT2D eigenvalue weighted by atomic mass is 10.1. The van der Waals surface area contributed by atoms with Crippen LogP contribution in [0.2, 0.25) is 0 Å². The van der Waals surface area contributed by atoms with Crippen LogP contribution in [0.15, 0.2) is 0 Å². The first-order valence-corrected chi connectivity index (χ1v) is 6.17. The van der Waals surface area contributed by atoms with Crippen molar-refractivity contribution >= 4 is 5.97 Å². The Morgan fingerprint density at radius 2 is 2.31 bits per heavy atom. The minimum absolute atomic E-state index is 0.120. The average Bonchev–Trinajstić information content (AvgIpc) is 2.48. The highest BCUT2D eigenvalue weighted by atomic mass is 16.7. The van der Waals surface area contributed by atoms with Crippen LogP contribution in [-0.4, -0.2) is 37.8 Å². The average molecular weight is 229 g/mol. The van der Waals surface area contributed by atoms with Crippen LogP contribution in [0.1, 0.15) is 39.0 Å². The third kappa shape index (κ3) is 5.47. The Bertz CT molecular complexity index is 208. The van der Waals surface area contributed by atoms with Crippen LogP contribution in [0.3, 0.4) is 0 Å². The van der Waals surface area contributed by atoms with E-state index in [0.717, 1.165) is 39.0 Å². The van der Waals surface area contributed by atoms with E-state index in [-0.39, 0.29) is 5.97 Å². The molecule has 0 amide bonds. The van der Waals surface area contributed by atoms with Crippen LogP contribution < -0.4 is 0 Å². The maximum absolute atomic E-state index is 10.9. The Morgan fingerprint density at radius 1 is 1.50 bits per heavy atom. The summed E-state index contributed by atoms with van der Waals surface area (Å²) in [5.41, 5.74) is 0.